The molecule has 0 rings (SSSR count). The van der Waals surface area contributed by atoms with Crippen molar-refractivity contribution >= 4 is 17.9 Å². The van der Waals surface area contributed by atoms with Gasteiger partial charge in [0.25, 0.3) is 0 Å². The predicted octanol–water partition coefficient (Wildman–Crippen LogP) is 18.9. The molecule has 0 saturated heterocycles. The fourth-order valence-electron chi connectivity index (χ4n) is 7.32. The summed E-state index contributed by atoms with van der Waals surface area (Å²) in [5.74, 6) is -0.940. The standard InChI is InChI=1S/C63H102O6/c1-4-7-10-13-16-19-21-23-25-27-29-30-31-32-34-35-37-39-41-44-47-50-53-56-62(65)68-59-60(58-67-61(64)55-52-49-46-43-18-15-12-9-6-3)69-63(66)57-54-51-48-45-42-40-38-36-33-28-26-24-22-20-17-14-11-8-5-2/h7-8,10-11,16-17,19-20,23-26,29-30,32-34,36-37,39,60H,4-6,9,12-15,18,21-22,27-28,31,35,38,40-59H2,1-3H3/b10-7-,11-8-,19-16-,20-17-,25-23-,26-24-,30-29-,34-32-,36-33-,39-37-. The van der Waals surface area contributed by atoms with Crippen molar-refractivity contribution < 1.29 is 28.6 Å². The number of rotatable bonds is 49. The minimum atomic E-state index is -0.798. The molecule has 1 atom stereocenters. The van der Waals surface area contributed by atoms with Crippen LogP contribution in [0.3, 0.4) is 0 Å². The third-order valence-electron chi connectivity index (χ3n) is 11.5. The van der Waals surface area contributed by atoms with E-state index < -0.39 is 6.10 Å². The van der Waals surface area contributed by atoms with Crippen LogP contribution in [0.2, 0.25) is 0 Å². The highest BCUT2D eigenvalue weighted by molar-refractivity contribution is 5.71. The molecule has 0 amide bonds. The maximum Gasteiger partial charge on any atom is 0.306 e. The Hall–Kier alpha value is -4.19. The van der Waals surface area contributed by atoms with Gasteiger partial charge in [-0.1, -0.05) is 232 Å². The average molecular weight is 956 g/mol. The zero-order chi connectivity index (χ0) is 50.0. The van der Waals surface area contributed by atoms with Crippen molar-refractivity contribution in [1.82, 2.24) is 0 Å². The molecule has 0 saturated carbocycles. The SMILES string of the molecule is CC/C=C\C/C=C\C/C=C\C/C=C\C/C=C\C/C=C\CCCCCCC(=O)OCC(COC(=O)CCCCCCCCCCC)OC(=O)CCCCCCCC/C=C\C/C=C\C/C=C\C/C=C\CC. The van der Waals surface area contributed by atoms with Crippen LogP contribution in [0.5, 0.6) is 0 Å². The molecule has 0 fully saturated rings. The van der Waals surface area contributed by atoms with Crippen molar-refractivity contribution in [2.75, 3.05) is 13.2 Å². The molecule has 0 aromatic rings. The first-order chi connectivity index (χ1) is 34.0. The molecular weight excluding hydrogens is 853 g/mol. The number of carbonyl (C=O) groups excluding carboxylic acids is 3. The summed E-state index contributed by atoms with van der Waals surface area (Å²) in [5.41, 5.74) is 0. The van der Waals surface area contributed by atoms with Gasteiger partial charge in [-0.2, -0.15) is 0 Å². The molecule has 390 valence electrons. The topological polar surface area (TPSA) is 78.9 Å². The van der Waals surface area contributed by atoms with Gasteiger partial charge in [-0.25, -0.2) is 0 Å². The van der Waals surface area contributed by atoms with Gasteiger partial charge in [0.05, 0.1) is 0 Å². The maximum atomic E-state index is 12.8. The zero-order valence-electron chi connectivity index (χ0n) is 44.5. The number of hydrogen-bond acceptors (Lipinski definition) is 6. The van der Waals surface area contributed by atoms with Crippen LogP contribution in [-0.2, 0) is 28.6 Å². The lowest BCUT2D eigenvalue weighted by atomic mass is 10.1. The summed E-state index contributed by atoms with van der Waals surface area (Å²) in [6.07, 6.45) is 77.6. The summed E-state index contributed by atoms with van der Waals surface area (Å²) >= 11 is 0. The van der Waals surface area contributed by atoms with Crippen LogP contribution in [0.4, 0.5) is 0 Å². The summed E-state index contributed by atoms with van der Waals surface area (Å²) in [6.45, 7) is 6.35. The van der Waals surface area contributed by atoms with Crippen molar-refractivity contribution in [3.8, 4) is 0 Å². The molecule has 0 bridgehead atoms. The number of esters is 3. The smallest absolute Gasteiger partial charge is 0.306 e. The van der Waals surface area contributed by atoms with Crippen molar-refractivity contribution in [2.24, 2.45) is 0 Å². The van der Waals surface area contributed by atoms with Crippen LogP contribution >= 0.6 is 0 Å². The first kappa shape index (κ1) is 64.8. The third-order valence-corrected chi connectivity index (χ3v) is 11.5. The summed E-state index contributed by atoms with van der Waals surface area (Å²) in [4.78, 5) is 38.0. The molecule has 0 N–H and O–H groups in total. The van der Waals surface area contributed by atoms with E-state index in [9.17, 15) is 14.4 Å². The van der Waals surface area contributed by atoms with E-state index in [1.165, 1.54) is 51.4 Å². The Morgan fingerprint density at radius 2 is 0.565 bits per heavy atom. The molecule has 0 spiro atoms. The van der Waals surface area contributed by atoms with Crippen LogP contribution in [0.1, 0.15) is 239 Å². The molecule has 0 aliphatic heterocycles. The molecule has 6 heteroatoms. The second-order valence-corrected chi connectivity index (χ2v) is 18.1. The van der Waals surface area contributed by atoms with Gasteiger partial charge >= 0.3 is 17.9 Å². The van der Waals surface area contributed by atoms with Gasteiger partial charge in [-0.15, -0.1) is 0 Å². The van der Waals surface area contributed by atoms with Gasteiger partial charge in [0.2, 0.25) is 0 Å². The van der Waals surface area contributed by atoms with E-state index in [1.54, 1.807) is 0 Å². The van der Waals surface area contributed by atoms with Crippen molar-refractivity contribution in [2.45, 2.75) is 245 Å². The monoisotopic (exact) mass is 955 g/mol. The van der Waals surface area contributed by atoms with Crippen LogP contribution < -0.4 is 0 Å². The van der Waals surface area contributed by atoms with E-state index in [0.29, 0.717) is 19.3 Å². The lowest BCUT2D eigenvalue weighted by Crippen LogP contribution is -2.30. The molecule has 0 aromatic carbocycles. The Balaban J connectivity index is 4.39. The molecule has 0 aromatic heterocycles. The number of unbranched alkanes of at least 4 members (excludes halogenated alkanes) is 18. The minimum absolute atomic E-state index is 0.0941. The van der Waals surface area contributed by atoms with Crippen molar-refractivity contribution in [1.29, 1.82) is 0 Å². The fraction of sp³-hybridized carbons (Fsp3) is 0.635. The molecule has 0 heterocycles. The average Bonchev–Trinajstić information content (AvgIpc) is 3.35. The first-order valence-corrected chi connectivity index (χ1v) is 28.0. The normalized spacial score (nSPS) is 13.0. The van der Waals surface area contributed by atoms with Crippen molar-refractivity contribution in [3.63, 3.8) is 0 Å². The van der Waals surface area contributed by atoms with E-state index in [4.69, 9.17) is 14.2 Å². The Morgan fingerprint density at radius 3 is 0.884 bits per heavy atom. The van der Waals surface area contributed by atoms with Crippen LogP contribution in [0.25, 0.3) is 0 Å². The maximum absolute atomic E-state index is 12.8. The highest BCUT2D eigenvalue weighted by Gasteiger charge is 2.19. The van der Waals surface area contributed by atoms with Crippen molar-refractivity contribution in [3.05, 3.63) is 122 Å². The van der Waals surface area contributed by atoms with Gasteiger partial charge in [-0.05, 0) is 109 Å². The first-order valence-electron chi connectivity index (χ1n) is 28.0. The molecule has 69 heavy (non-hydrogen) atoms. The third kappa shape index (κ3) is 54.6. The van der Waals surface area contributed by atoms with Gasteiger partial charge in [-0.3, -0.25) is 14.4 Å². The number of allylic oxidation sites excluding steroid dienone is 20. The predicted molar refractivity (Wildman–Crippen MR) is 297 cm³/mol. The van der Waals surface area contributed by atoms with Crippen LogP contribution in [-0.4, -0.2) is 37.2 Å². The summed E-state index contributed by atoms with van der Waals surface area (Å²) in [7, 11) is 0. The van der Waals surface area contributed by atoms with Gasteiger partial charge < -0.3 is 14.2 Å². The molecule has 0 aliphatic carbocycles. The zero-order valence-corrected chi connectivity index (χ0v) is 44.5. The summed E-state index contributed by atoms with van der Waals surface area (Å²) < 4.78 is 16.8. The molecular formula is C63H102O6. The van der Waals surface area contributed by atoms with E-state index in [2.05, 4.69) is 142 Å². The second-order valence-electron chi connectivity index (χ2n) is 18.1. The highest BCUT2D eigenvalue weighted by Crippen LogP contribution is 2.14. The van der Waals surface area contributed by atoms with Gasteiger partial charge in [0.15, 0.2) is 6.10 Å². The number of carbonyl (C=O) groups is 3. The van der Waals surface area contributed by atoms with E-state index in [1.807, 2.05) is 0 Å². The molecule has 6 nitrogen and oxygen atoms in total. The number of ether oxygens (including phenoxy) is 3. The quantitative estimate of drug-likeness (QED) is 0.0262. The summed E-state index contributed by atoms with van der Waals surface area (Å²) in [6, 6.07) is 0. The van der Waals surface area contributed by atoms with Crippen LogP contribution in [0, 0.1) is 0 Å². The number of hydrogen-bond donors (Lipinski definition) is 0. The summed E-state index contributed by atoms with van der Waals surface area (Å²) in [5, 5.41) is 0. The van der Waals surface area contributed by atoms with E-state index in [0.717, 1.165) is 148 Å². The lowest BCUT2D eigenvalue weighted by Gasteiger charge is -2.18. The van der Waals surface area contributed by atoms with E-state index in [-0.39, 0.29) is 31.1 Å². The Bertz CT molecular complexity index is 1470. The highest BCUT2D eigenvalue weighted by atomic mass is 16.6. The Kier molecular flexibility index (Phi) is 53.0. The fourth-order valence-corrected chi connectivity index (χ4v) is 7.32. The largest absolute Gasteiger partial charge is 0.462 e. The second kappa shape index (κ2) is 56.4. The van der Waals surface area contributed by atoms with Gasteiger partial charge in [0, 0.05) is 19.3 Å². The van der Waals surface area contributed by atoms with E-state index >= 15 is 0 Å². The molecule has 1 unspecified atom stereocenters. The minimum Gasteiger partial charge on any atom is -0.462 e. The van der Waals surface area contributed by atoms with Gasteiger partial charge in [0.1, 0.15) is 13.2 Å². The lowest BCUT2D eigenvalue weighted by molar-refractivity contribution is -0.167. The Labute approximate surface area is 424 Å². The molecule has 0 aliphatic rings. The van der Waals surface area contributed by atoms with Crippen LogP contribution in [0.15, 0.2) is 122 Å². The molecule has 0 radical (unpaired) electrons. The Morgan fingerprint density at radius 1 is 0.304 bits per heavy atom.